The molecule has 1 aromatic heterocycles. The summed E-state index contributed by atoms with van der Waals surface area (Å²) in [5.41, 5.74) is 5.25. The minimum Gasteiger partial charge on any atom is -0.481 e. The zero-order valence-corrected chi connectivity index (χ0v) is 25.1. The highest BCUT2D eigenvalue weighted by Gasteiger charge is 2.49. The van der Waals surface area contributed by atoms with Gasteiger partial charge >= 0.3 is 5.97 Å². The van der Waals surface area contributed by atoms with Crippen LogP contribution in [0.15, 0.2) is 143 Å². The Hall–Kier alpha value is -4.96. The second kappa shape index (κ2) is 12.3. The number of rotatable bonds is 10. The first-order chi connectivity index (χ1) is 21.4. The minimum absolute atomic E-state index is 0.00699. The predicted molar refractivity (Wildman–Crippen MR) is 175 cm³/mol. The molecule has 1 atom stereocenters. The zero-order valence-electron chi connectivity index (χ0n) is 25.1. The van der Waals surface area contributed by atoms with Gasteiger partial charge in [0.15, 0.2) is 5.78 Å². The molecule has 0 fully saturated rings. The first-order valence-electron chi connectivity index (χ1n) is 15.2. The Kier molecular flexibility index (Phi) is 8.17. The fourth-order valence-electron chi connectivity index (χ4n) is 6.92. The van der Waals surface area contributed by atoms with Crippen LogP contribution in [0.1, 0.15) is 54.2 Å². The molecule has 44 heavy (non-hydrogen) atoms. The summed E-state index contributed by atoms with van der Waals surface area (Å²) in [4.78, 5) is 27.7. The fraction of sp³-hybridized carbons (Fsp3) is 0.200. The van der Waals surface area contributed by atoms with Crippen molar-refractivity contribution in [2.45, 2.75) is 44.4 Å². The van der Waals surface area contributed by atoms with Gasteiger partial charge in [-0.05, 0) is 43.0 Å². The number of fused-ring (bicyclic) bond motifs is 1. The van der Waals surface area contributed by atoms with E-state index in [1.165, 1.54) is 0 Å². The summed E-state index contributed by atoms with van der Waals surface area (Å²) in [6.07, 6.45) is 5.01. The minimum atomic E-state index is -1.17. The van der Waals surface area contributed by atoms with Gasteiger partial charge in [-0.3, -0.25) is 9.59 Å². The zero-order chi connectivity index (χ0) is 30.7. The van der Waals surface area contributed by atoms with Gasteiger partial charge in [0.2, 0.25) is 0 Å². The molecule has 6 rings (SSSR count). The summed E-state index contributed by atoms with van der Waals surface area (Å²) in [7, 11) is 0. The highest BCUT2D eigenvalue weighted by molar-refractivity contribution is 6.03. The van der Waals surface area contributed by atoms with Crippen LogP contribution in [0.4, 0.5) is 0 Å². The molecule has 0 radical (unpaired) electrons. The van der Waals surface area contributed by atoms with Gasteiger partial charge in [0.1, 0.15) is 11.3 Å². The fourth-order valence-corrected chi connectivity index (χ4v) is 6.92. The van der Waals surface area contributed by atoms with Gasteiger partial charge in [-0.1, -0.05) is 132 Å². The Balaban J connectivity index is 1.53. The standard InChI is InChI=1S/C40H36O4/c1-27-22-32(31-18-10-5-11-19-31)23-28(2)40(27,37(41)26-33(39(42)43)24-29-14-6-3-7-15-29)38-34-20-12-13-21-35(34)44-36(38)25-30-16-8-4-9-17-30/h3-23,32-33H,24-26H2,1-2H3,(H,42,43). The number of carboxylic acids is 1. The van der Waals surface area contributed by atoms with Crippen molar-refractivity contribution in [1.82, 2.24) is 0 Å². The van der Waals surface area contributed by atoms with E-state index in [0.29, 0.717) is 12.0 Å². The summed E-state index contributed by atoms with van der Waals surface area (Å²) in [5, 5.41) is 11.2. The van der Waals surface area contributed by atoms with Gasteiger partial charge < -0.3 is 9.52 Å². The van der Waals surface area contributed by atoms with Crippen molar-refractivity contribution in [3.05, 3.63) is 167 Å². The van der Waals surface area contributed by atoms with Crippen molar-refractivity contribution >= 4 is 22.7 Å². The highest BCUT2D eigenvalue weighted by atomic mass is 16.4. The molecule has 0 bridgehead atoms. The topological polar surface area (TPSA) is 67.5 Å². The number of benzene rings is 4. The number of furan rings is 1. The van der Waals surface area contributed by atoms with E-state index in [1.54, 1.807) is 0 Å². The summed E-state index contributed by atoms with van der Waals surface area (Å²) >= 11 is 0. The third-order valence-electron chi connectivity index (χ3n) is 9.00. The Morgan fingerprint density at radius 1 is 0.750 bits per heavy atom. The lowest BCUT2D eigenvalue weighted by molar-refractivity contribution is -0.144. The smallest absolute Gasteiger partial charge is 0.307 e. The summed E-state index contributed by atoms with van der Waals surface area (Å²) in [6, 6.07) is 37.7. The van der Waals surface area contributed by atoms with Crippen molar-refractivity contribution in [2.24, 2.45) is 5.92 Å². The van der Waals surface area contributed by atoms with Crippen molar-refractivity contribution in [2.75, 3.05) is 0 Å². The molecule has 0 saturated carbocycles. The lowest BCUT2D eigenvalue weighted by Gasteiger charge is -2.40. The molecule has 1 aliphatic rings. The first kappa shape index (κ1) is 29.1. The summed E-state index contributed by atoms with van der Waals surface area (Å²) < 4.78 is 6.56. The van der Waals surface area contributed by atoms with Gasteiger partial charge in [-0.15, -0.1) is 0 Å². The Bertz CT molecular complexity index is 1830. The number of hydrogen-bond donors (Lipinski definition) is 1. The monoisotopic (exact) mass is 580 g/mol. The molecule has 0 saturated heterocycles. The van der Waals surface area contributed by atoms with E-state index in [1.807, 2.05) is 105 Å². The molecule has 4 heteroatoms. The van der Waals surface area contributed by atoms with E-state index < -0.39 is 17.3 Å². The van der Waals surface area contributed by atoms with Gasteiger partial charge in [-0.2, -0.15) is 0 Å². The molecule has 0 aliphatic heterocycles. The molecule has 1 aliphatic carbocycles. The molecule has 1 heterocycles. The van der Waals surface area contributed by atoms with Gasteiger partial charge in [0.25, 0.3) is 0 Å². The van der Waals surface area contributed by atoms with Crippen LogP contribution in [0, 0.1) is 5.92 Å². The van der Waals surface area contributed by atoms with E-state index in [4.69, 9.17) is 4.42 Å². The van der Waals surface area contributed by atoms with Crippen LogP contribution in [0.3, 0.4) is 0 Å². The Labute approximate surface area is 258 Å². The van der Waals surface area contributed by atoms with Crippen molar-refractivity contribution in [3.8, 4) is 0 Å². The molecule has 5 aromatic rings. The summed E-state index contributed by atoms with van der Waals surface area (Å²) in [6.45, 7) is 4.04. The maximum Gasteiger partial charge on any atom is 0.307 e. The van der Waals surface area contributed by atoms with Crippen LogP contribution < -0.4 is 0 Å². The van der Waals surface area contributed by atoms with Gasteiger partial charge in [-0.25, -0.2) is 0 Å². The number of allylic oxidation sites excluding steroid dienone is 4. The number of hydrogen-bond acceptors (Lipinski definition) is 3. The number of carbonyl (C=O) groups is 2. The van der Waals surface area contributed by atoms with Crippen LogP contribution in [-0.2, 0) is 27.8 Å². The molecular weight excluding hydrogens is 544 g/mol. The lowest BCUT2D eigenvalue weighted by Crippen LogP contribution is -2.42. The molecule has 4 nitrogen and oxygen atoms in total. The molecule has 1 N–H and O–H groups in total. The normalized spacial score (nSPS) is 18.8. The van der Waals surface area contributed by atoms with Crippen LogP contribution >= 0.6 is 0 Å². The van der Waals surface area contributed by atoms with Crippen molar-refractivity contribution < 1.29 is 19.1 Å². The average Bonchev–Trinajstić information content (AvgIpc) is 3.40. The Morgan fingerprint density at radius 2 is 1.30 bits per heavy atom. The van der Waals surface area contributed by atoms with E-state index in [0.717, 1.165) is 44.5 Å². The van der Waals surface area contributed by atoms with Crippen molar-refractivity contribution in [1.29, 1.82) is 0 Å². The van der Waals surface area contributed by atoms with Crippen LogP contribution in [0.2, 0.25) is 0 Å². The van der Waals surface area contributed by atoms with Crippen LogP contribution in [0.5, 0.6) is 0 Å². The maximum absolute atomic E-state index is 15.0. The predicted octanol–water partition coefficient (Wildman–Crippen LogP) is 8.85. The molecule has 1 unspecified atom stereocenters. The third kappa shape index (κ3) is 5.44. The third-order valence-corrected chi connectivity index (χ3v) is 9.00. The molecule has 0 spiro atoms. The molecular formula is C40H36O4. The first-order valence-corrected chi connectivity index (χ1v) is 15.2. The lowest BCUT2D eigenvalue weighted by atomic mass is 9.60. The van der Waals surface area contributed by atoms with Crippen molar-refractivity contribution in [3.63, 3.8) is 0 Å². The largest absolute Gasteiger partial charge is 0.481 e. The Morgan fingerprint density at radius 3 is 1.91 bits per heavy atom. The van der Waals surface area contributed by atoms with Gasteiger partial charge in [0, 0.05) is 29.7 Å². The number of carbonyl (C=O) groups excluding carboxylic acids is 1. The number of aliphatic carboxylic acids is 1. The van der Waals surface area contributed by atoms with Crippen LogP contribution in [-0.4, -0.2) is 16.9 Å². The number of ketones is 1. The van der Waals surface area contributed by atoms with E-state index in [2.05, 4.69) is 36.4 Å². The highest BCUT2D eigenvalue weighted by Crippen LogP contribution is 2.51. The van der Waals surface area contributed by atoms with E-state index in [-0.39, 0.29) is 24.5 Å². The molecule has 0 amide bonds. The number of para-hydroxylation sites is 1. The van der Waals surface area contributed by atoms with Gasteiger partial charge in [0.05, 0.1) is 11.3 Å². The molecule has 4 aromatic carbocycles. The quantitative estimate of drug-likeness (QED) is 0.168. The van der Waals surface area contributed by atoms with Crippen LogP contribution in [0.25, 0.3) is 11.0 Å². The van der Waals surface area contributed by atoms with E-state index >= 15 is 4.79 Å². The maximum atomic E-state index is 15.0. The second-order valence-corrected chi connectivity index (χ2v) is 11.8. The number of Topliss-reactive ketones (excluding diaryl/α,β-unsaturated/α-hetero) is 1. The number of carboxylic acid groups (broad SMARTS) is 1. The second-order valence-electron chi connectivity index (χ2n) is 11.8. The average molecular weight is 581 g/mol. The van der Waals surface area contributed by atoms with E-state index in [9.17, 15) is 9.90 Å². The SMILES string of the molecule is CC1=CC(c2ccccc2)C=C(C)C1(C(=O)CC(Cc1ccccc1)C(=O)O)c1c(Cc2ccccc2)oc2ccccc12. The summed E-state index contributed by atoms with van der Waals surface area (Å²) in [5.74, 6) is -1.26. The molecule has 220 valence electrons.